The van der Waals surface area contributed by atoms with Crippen LogP contribution in [0.5, 0.6) is 0 Å². The monoisotopic (exact) mass is 233 g/mol. The average molecular weight is 233 g/mol. The predicted molar refractivity (Wildman–Crippen MR) is 61.9 cm³/mol. The highest BCUT2D eigenvalue weighted by Gasteiger charge is 2.19. The van der Waals surface area contributed by atoms with Crippen LogP contribution in [0.2, 0.25) is 0 Å². The third-order valence-corrected chi connectivity index (χ3v) is 2.60. The van der Waals surface area contributed by atoms with Crippen molar-refractivity contribution in [1.29, 1.82) is 0 Å². The minimum atomic E-state index is -0.374. The standard InChI is InChI=1S/C10H19NO3S/c1-8(2)11(7-10(13)14-3)9(12)5-6-15-4/h8H,5-7H2,1-4H3. The fraction of sp³-hybridized carbons (Fsp3) is 0.800. The lowest BCUT2D eigenvalue weighted by Gasteiger charge is -2.25. The van der Waals surface area contributed by atoms with Gasteiger partial charge >= 0.3 is 5.97 Å². The zero-order valence-corrected chi connectivity index (χ0v) is 10.6. The van der Waals surface area contributed by atoms with E-state index in [-0.39, 0.29) is 24.5 Å². The summed E-state index contributed by atoms with van der Waals surface area (Å²) in [7, 11) is 1.33. The fourth-order valence-corrected chi connectivity index (χ4v) is 1.47. The van der Waals surface area contributed by atoms with Gasteiger partial charge in [0, 0.05) is 18.2 Å². The predicted octanol–water partition coefficient (Wildman–Crippen LogP) is 1.15. The molecule has 0 saturated carbocycles. The van der Waals surface area contributed by atoms with Crippen LogP contribution < -0.4 is 0 Å². The first-order chi connectivity index (χ1) is 7.02. The molecule has 0 N–H and O–H groups in total. The molecule has 0 fully saturated rings. The third-order valence-electron chi connectivity index (χ3n) is 1.99. The van der Waals surface area contributed by atoms with Crippen LogP contribution in [-0.4, -0.2) is 48.5 Å². The van der Waals surface area contributed by atoms with E-state index < -0.39 is 0 Å². The molecule has 0 aliphatic heterocycles. The van der Waals surface area contributed by atoms with Crippen LogP contribution >= 0.6 is 11.8 Å². The molecule has 0 aliphatic rings. The van der Waals surface area contributed by atoms with Crippen molar-refractivity contribution in [3.8, 4) is 0 Å². The van der Waals surface area contributed by atoms with Gasteiger partial charge in [-0.2, -0.15) is 11.8 Å². The molecule has 5 heteroatoms. The molecule has 0 atom stereocenters. The smallest absolute Gasteiger partial charge is 0.325 e. The number of carbonyl (C=O) groups is 2. The summed E-state index contributed by atoms with van der Waals surface area (Å²) in [6, 6.07) is 0.0263. The molecule has 0 bridgehead atoms. The van der Waals surface area contributed by atoms with Crippen molar-refractivity contribution in [3.05, 3.63) is 0 Å². The molecule has 1 amide bonds. The highest BCUT2D eigenvalue weighted by Crippen LogP contribution is 2.05. The number of carbonyl (C=O) groups excluding carboxylic acids is 2. The van der Waals surface area contributed by atoms with Gasteiger partial charge in [-0.1, -0.05) is 0 Å². The minimum absolute atomic E-state index is 0.00440. The first-order valence-corrected chi connectivity index (χ1v) is 6.27. The van der Waals surface area contributed by atoms with Gasteiger partial charge in [0.15, 0.2) is 0 Å². The molecule has 0 spiro atoms. The number of nitrogens with zero attached hydrogens (tertiary/aromatic N) is 1. The Balaban J connectivity index is 4.25. The topological polar surface area (TPSA) is 46.6 Å². The van der Waals surface area contributed by atoms with Gasteiger partial charge in [-0.3, -0.25) is 9.59 Å². The summed E-state index contributed by atoms with van der Waals surface area (Å²) in [6.07, 6.45) is 2.42. The molecular formula is C10H19NO3S. The van der Waals surface area contributed by atoms with E-state index in [4.69, 9.17) is 0 Å². The maximum Gasteiger partial charge on any atom is 0.325 e. The van der Waals surface area contributed by atoms with Crippen molar-refractivity contribution in [3.63, 3.8) is 0 Å². The van der Waals surface area contributed by atoms with Gasteiger partial charge < -0.3 is 9.64 Å². The van der Waals surface area contributed by atoms with Crippen LogP contribution in [0, 0.1) is 0 Å². The Morgan fingerprint density at radius 1 is 1.40 bits per heavy atom. The molecule has 0 unspecified atom stereocenters. The zero-order valence-electron chi connectivity index (χ0n) is 9.78. The Morgan fingerprint density at radius 3 is 2.40 bits per heavy atom. The molecule has 88 valence electrons. The molecule has 15 heavy (non-hydrogen) atoms. The lowest BCUT2D eigenvalue weighted by Crippen LogP contribution is -2.41. The lowest BCUT2D eigenvalue weighted by molar-refractivity contribution is -0.148. The summed E-state index contributed by atoms with van der Waals surface area (Å²) >= 11 is 1.62. The number of rotatable bonds is 6. The van der Waals surface area contributed by atoms with E-state index in [1.807, 2.05) is 20.1 Å². The third kappa shape index (κ3) is 5.67. The first-order valence-electron chi connectivity index (χ1n) is 4.88. The summed E-state index contributed by atoms with van der Waals surface area (Å²) in [6.45, 7) is 3.82. The van der Waals surface area contributed by atoms with Gasteiger partial charge in [-0.25, -0.2) is 0 Å². The second-order valence-electron chi connectivity index (χ2n) is 3.43. The van der Waals surface area contributed by atoms with Gasteiger partial charge in [0.05, 0.1) is 7.11 Å². The summed E-state index contributed by atoms with van der Waals surface area (Å²) in [4.78, 5) is 24.3. The Bertz CT molecular complexity index is 219. The number of ether oxygens (including phenoxy) is 1. The van der Waals surface area contributed by atoms with Crippen molar-refractivity contribution < 1.29 is 14.3 Å². The second-order valence-corrected chi connectivity index (χ2v) is 4.42. The highest BCUT2D eigenvalue weighted by molar-refractivity contribution is 7.98. The first kappa shape index (κ1) is 14.3. The number of amides is 1. The van der Waals surface area contributed by atoms with Gasteiger partial charge in [0.1, 0.15) is 6.54 Å². The van der Waals surface area contributed by atoms with Crippen LogP contribution in [0.4, 0.5) is 0 Å². The summed E-state index contributed by atoms with van der Waals surface area (Å²) in [5.74, 6) is 0.411. The highest BCUT2D eigenvalue weighted by atomic mass is 32.2. The SMILES string of the molecule is COC(=O)CN(C(=O)CCSC)C(C)C. The molecule has 0 rings (SSSR count). The zero-order chi connectivity index (χ0) is 11.8. The number of methoxy groups -OCH3 is 1. The number of hydrogen-bond donors (Lipinski definition) is 0. The quantitative estimate of drug-likeness (QED) is 0.646. The molecule has 0 aromatic heterocycles. The van der Waals surface area contributed by atoms with Crippen LogP contribution in [0.25, 0.3) is 0 Å². The molecule has 0 aliphatic carbocycles. The molecule has 4 nitrogen and oxygen atoms in total. The second kappa shape index (κ2) is 7.56. The molecule has 0 aromatic rings. The van der Waals surface area contributed by atoms with Crippen LogP contribution in [0.15, 0.2) is 0 Å². The lowest BCUT2D eigenvalue weighted by atomic mass is 10.3. The molecular weight excluding hydrogens is 214 g/mol. The van der Waals surface area contributed by atoms with E-state index in [9.17, 15) is 9.59 Å². The van der Waals surface area contributed by atoms with Gasteiger partial charge in [-0.15, -0.1) is 0 Å². The number of esters is 1. The van der Waals surface area contributed by atoms with Crippen molar-refractivity contribution in [1.82, 2.24) is 4.90 Å². The van der Waals surface area contributed by atoms with E-state index in [0.29, 0.717) is 6.42 Å². The van der Waals surface area contributed by atoms with Crippen molar-refractivity contribution in [2.24, 2.45) is 0 Å². The molecule has 0 saturated heterocycles. The van der Waals surface area contributed by atoms with E-state index in [1.165, 1.54) is 7.11 Å². The van der Waals surface area contributed by atoms with Crippen molar-refractivity contribution in [2.45, 2.75) is 26.3 Å². The van der Waals surface area contributed by atoms with Gasteiger partial charge in [-0.05, 0) is 20.1 Å². The van der Waals surface area contributed by atoms with Gasteiger partial charge in [0.25, 0.3) is 0 Å². The normalized spacial score (nSPS) is 10.2. The largest absolute Gasteiger partial charge is 0.468 e. The molecule has 0 aromatic carbocycles. The maximum atomic E-state index is 11.7. The number of thioether (sulfide) groups is 1. The summed E-state index contributed by atoms with van der Waals surface area (Å²) < 4.78 is 4.55. The number of hydrogen-bond acceptors (Lipinski definition) is 4. The molecule has 0 radical (unpaired) electrons. The van der Waals surface area contributed by atoms with E-state index in [1.54, 1.807) is 16.7 Å². The van der Waals surface area contributed by atoms with E-state index in [2.05, 4.69) is 4.74 Å². The van der Waals surface area contributed by atoms with Crippen LogP contribution in [0.3, 0.4) is 0 Å². The maximum absolute atomic E-state index is 11.7. The van der Waals surface area contributed by atoms with Crippen LogP contribution in [-0.2, 0) is 14.3 Å². The Hall–Kier alpha value is -0.710. The Morgan fingerprint density at radius 2 is 2.00 bits per heavy atom. The van der Waals surface area contributed by atoms with Gasteiger partial charge in [0.2, 0.25) is 5.91 Å². The fourth-order valence-electron chi connectivity index (χ4n) is 1.10. The summed E-state index contributed by atoms with van der Waals surface area (Å²) in [5, 5.41) is 0. The van der Waals surface area contributed by atoms with Crippen molar-refractivity contribution in [2.75, 3.05) is 25.7 Å². The summed E-state index contributed by atoms with van der Waals surface area (Å²) in [5.41, 5.74) is 0. The van der Waals surface area contributed by atoms with E-state index >= 15 is 0 Å². The van der Waals surface area contributed by atoms with Crippen LogP contribution in [0.1, 0.15) is 20.3 Å². The Labute approximate surface area is 95.3 Å². The minimum Gasteiger partial charge on any atom is -0.468 e. The van der Waals surface area contributed by atoms with E-state index in [0.717, 1.165) is 5.75 Å². The average Bonchev–Trinajstić information content (AvgIpc) is 2.21. The Kier molecular flexibility index (Phi) is 7.21. The molecule has 0 heterocycles. The van der Waals surface area contributed by atoms with Crippen molar-refractivity contribution >= 4 is 23.6 Å².